The standard InChI is InChI=1S/C18H26N4O3S/c1-11(2)9-21(14(23)8-13-6-5-7-26-13)15-16(19)22(10-12(3)4)18(25)20-17(15)24/h5-7,11-12H,8-10,19H2,1-4H3,(H,20,24,25). The first-order valence-corrected chi connectivity index (χ1v) is 9.54. The van der Waals surface area contributed by atoms with Crippen molar-refractivity contribution in [1.82, 2.24) is 9.55 Å². The Morgan fingerprint density at radius 3 is 2.50 bits per heavy atom. The molecule has 7 nitrogen and oxygen atoms in total. The van der Waals surface area contributed by atoms with Crippen LogP contribution in [0.1, 0.15) is 32.6 Å². The topological polar surface area (TPSA) is 101 Å². The molecule has 2 rings (SSSR count). The van der Waals surface area contributed by atoms with Gasteiger partial charge < -0.3 is 10.6 Å². The van der Waals surface area contributed by atoms with Crippen LogP contribution in [0.5, 0.6) is 0 Å². The predicted molar refractivity (Wildman–Crippen MR) is 106 cm³/mol. The Kier molecular flexibility index (Phi) is 6.42. The first-order valence-electron chi connectivity index (χ1n) is 8.66. The zero-order chi connectivity index (χ0) is 19.4. The van der Waals surface area contributed by atoms with Crippen LogP contribution in [-0.2, 0) is 17.8 Å². The SMILES string of the molecule is CC(C)CN(C(=O)Cc1cccs1)c1c(N)n(CC(C)C)c(=O)[nH]c1=O. The molecule has 142 valence electrons. The van der Waals surface area contributed by atoms with Crippen LogP contribution in [0.3, 0.4) is 0 Å². The van der Waals surface area contributed by atoms with Gasteiger partial charge in [0.1, 0.15) is 5.82 Å². The van der Waals surface area contributed by atoms with E-state index in [2.05, 4.69) is 4.98 Å². The predicted octanol–water partition coefficient (Wildman–Crippen LogP) is 2.07. The summed E-state index contributed by atoms with van der Waals surface area (Å²) in [5, 5.41) is 1.90. The maximum Gasteiger partial charge on any atom is 0.330 e. The summed E-state index contributed by atoms with van der Waals surface area (Å²) < 4.78 is 1.33. The van der Waals surface area contributed by atoms with Gasteiger partial charge in [-0.15, -0.1) is 11.3 Å². The number of rotatable bonds is 7. The van der Waals surface area contributed by atoms with Gasteiger partial charge >= 0.3 is 5.69 Å². The molecule has 0 saturated carbocycles. The molecule has 0 aliphatic carbocycles. The maximum absolute atomic E-state index is 12.9. The van der Waals surface area contributed by atoms with Gasteiger partial charge in [0.15, 0.2) is 5.69 Å². The molecular weight excluding hydrogens is 352 g/mol. The van der Waals surface area contributed by atoms with E-state index in [4.69, 9.17) is 5.73 Å². The van der Waals surface area contributed by atoms with Crippen LogP contribution >= 0.6 is 11.3 Å². The monoisotopic (exact) mass is 378 g/mol. The second-order valence-corrected chi connectivity index (χ2v) is 8.18. The van der Waals surface area contributed by atoms with Crippen LogP contribution in [0.4, 0.5) is 11.5 Å². The molecule has 26 heavy (non-hydrogen) atoms. The molecule has 0 atom stereocenters. The van der Waals surface area contributed by atoms with E-state index >= 15 is 0 Å². The first kappa shape index (κ1) is 20.0. The van der Waals surface area contributed by atoms with Crippen LogP contribution < -0.4 is 21.9 Å². The summed E-state index contributed by atoms with van der Waals surface area (Å²) in [5.74, 6) is 0.112. The number of aromatic nitrogens is 2. The molecule has 0 radical (unpaired) electrons. The summed E-state index contributed by atoms with van der Waals surface area (Å²) in [6.45, 7) is 8.52. The number of nitrogen functional groups attached to an aromatic ring is 1. The molecule has 0 saturated heterocycles. The lowest BCUT2D eigenvalue weighted by Gasteiger charge is -2.26. The minimum absolute atomic E-state index is 0.0348. The number of nitrogens with one attached hydrogen (secondary N) is 1. The van der Waals surface area contributed by atoms with Crippen LogP contribution in [0.2, 0.25) is 0 Å². The van der Waals surface area contributed by atoms with Crippen molar-refractivity contribution in [3.8, 4) is 0 Å². The zero-order valence-corrected chi connectivity index (χ0v) is 16.4. The molecular formula is C18H26N4O3S. The van der Waals surface area contributed by atoms with E-state index < -0.39 is 11.2 Å². The van der Waals surface area contributed by atoms with E-state index in [1.54, 1.807) is 0 Å². The van der Waals surface area contributed by atoms with Gasteiger partial charge in [-0.25, -0.2) is 4.79 Å². The quantitative estimate of drug-likeness (QED) is 0.770. The molecule has 0 bridgehead atoms. The van der Waals surface area contributed by atoms with Crippen molar-refractivity contribution in [1.29, 1.82) is 0 Å². The molecule has 1 amide bonds. The number of hydrogen-bond donors (Lipinski definition) is 2. The van der Waals surface area contributed by atoms with Gasteiger partial charge in [-0.3, -0.25) is 19.1 Å². The number of anilines is 2. The molecule has 2 aromatic heterocycles. The number of nitrogens with zero attached hydrogens (tertiary/aromatic N) is 2. The summed E-state index contributed by atoms with van der Waals surface area (Å²) >= 11 is 1.49. The first-order chi connectivity index (χ1) is 12.2. The van der Waals surface area contributed by atoms with E-state index in [-0.39, 0.29) is 35.7 Å². The fourth-order valence-corrected chi connectivity index (χ4v) is 3.42. The third-order valence-electron chi connectivity index (χ3n) is 3.79. The number of aromatic amines is 1. The molecule has 0 spiro atoms. The number of nitrogens with two attached hydrogens (primary N) is 1. The molecule has 0 aliphatic heterocycles. The van der Waals surface area contributed by atoms with Gasteiger partial charge in [-0.2, -0.15) is 0 Å². The van der Waals surface area contributed by atoms with E-state index in [1.165, 1.54) is 20.8 Å². The van der Waals surface area contributed by atoms with Crippen molar-refractivity contribution in [3.63, 3.8) is 0 Å². The second kappa shape index (κ2) is 8.35. The molecule has 2 aromatic rings. The van der Waals surface area contributed by atoms with Crippen LogP contribution in [-0.4, -0.2) is 22.0 Å². The molecule has 2 heterocycles. The summed E-state index contributed by atoms with van der Waals surface area (Å²) in [6, 6.07) is 3.76. The van der Waals surface area contributed by atoms with Crippen molar-refractivity contribution >= 4 is 28.7 Å². The van der Waals surface area contributed by atoms with E-state index in [1.807, 2.05) is 45.2 Å². The lowest BCUT2D eigenvalue weighted by atomic mass is 10.1. The number of thiophene rings is 1. The highest BCUT2D eigenvalue weighted by Crippen LogP contribution is 2.21. The van der Waals surface area contributed by atoms with Gasteiger partial charge in [0.2, 0.25) is 5.91 Å². The molecule has 0 aliphatic rings. The van der Waals surface area contributed by atoms with Crippen molar-refractivity contribution in [2.45, 2.75) is 40.7 Å². The lowest BCUT2D eigenvalue weighted by molar-refractivity contribution is -0.118. The van der Waals surface area contributed by atoms with E-state index in [0.717, 1.165) is 4.88 Å². The second-order valence-electron chi connectivity index (χ2n) is 7.15. The molecule has 8 heteroatoms. The van der Waals surface area contributed by atoms with Crippen molar-refractivity contribution in [2.24, 2.45) is 11.8 Å². The summed E-state index contributed by atoms with van der Waals surface area (Å²) in [5.41, 5.74) is 5.04. The van der Waals surface area contributed by atoms with Crippen LogP contribution in [0, 0.1) is 11.8 Å². The molecule has 3 N–H and O–H groups in total. The number of carbonyl (C=O) groups is 1. The van der Waals surface area contributed by atoms with Gasteiger partial charge in [-0.05, 0) is 23.3 Å². The largest absolute Gasteiger partial charge is 0.383 e. The van der Waals surface area contributed by atoms with Crippen molar-refractivity contribution in [2.75, 3.05) is 17.2 Å². The minimum atomic E-state index is -0.632. The fraction of sp³-hybridized carbons (Fsp3) is 0.500. The Labute approximate surface area is 156 Å². The Morgan fingerprint density at radius 2 is 1.96 bits per heavy atom. The maximum atomic E-state index is 12.9. The van der Waals surface area contributed by atoms with Crippen LogP contribution in [0.15, 0.2) is 27.1 Å². The number of amides is 1. The number of H-pyrrole nitrogens is 1. The molecule has 0 unspecified atom stereocenters. The van der Waals surface area contributed by atoms with Crippen molar-refractivity contribution < 1.29 is 4.79 Å². The van der Waals surface area contributed by atoms with Gasteiger partial charge in [0, 0.05) is 18.0 Å². The minimum Gasteiger partial charge on any atom is -0.383 e. The number of hydrogen-bond acceptors (Lipinski definition) is 5. The Bertz CT molecular complexity index is 866. The van der Waals surface area contributed by atoms with Crippen molar-refractivity contribution in [3.05, 3.63) is 43.2 Å². The fourth-order valence-electron chi connectivity index (χ4n) is 2.73. The Morgan fingerprint density at radius 1 is 1.27 bits per heavy atom. The Hall–Kier alpha value is -2.35. The number of carbonyl (C=O) groups excluding carboxylic acids is 1. The third kappa shape index (κ3) is 4.63. The average molecular weight is 378 g/mol. The highest BCUT2D eigenvalue weighted by atomic mass is 32.1. The van der Waals surface area contributed by atoms with E-state index in [0.29, 0.717) is 13.1 Å². The van der Waals surface area contributed by atoms with Gasteiger partial charge in [-0.1, -0.05) is 33.8 Å². The smallest absolute Gasteiger partial charge is 0.330 e. The van der Waals surface area contributed by atoms with Gasteiger partial charge in [0.05, 0.1) is 6.42 Å². The van der Waals surface area contributed by atoms with Crippen LogP contribution in [0.25, 0.3) is 0 Å². The zero-order valence-electron chi connectivity index (χ0n) is 15.6. The van der Waals surface area contributed by atoms with E-state index in [9.17, 15) is 14.4 Å². The molecule has 0 aromatic carbocycles. The third-order valence-corrected chi connectivity index (χ3v) is 4.66. The average Bonchev–Trinajstić information content (AvgIpc) is 3.02. The molecule has 0 fully saturated rings. The van der Waals surface area contributed by atoms with Gasteiger partial charge in [0.25, 0.3) is 5.56 Å². The summed E-state index contributed by atoms with van der Waals surface area (Å²) in [7, 11) is 0. The summed E-state index contributed by atoms with van der Waals surface area (Å²) in [6.07, 6.45) is 0.187. The lowest BCUT2D eigenvalue weighted by Crippen LogP contribution is -2.43. The highest BCUT2D eigenvalue weighted by Gasteiger charge is 2.25. The Balaban J connectivity index is 2.52. The normalized spacial score (nSPS) is 11.3. The summed E-state index contributed by atoms with van der Waals surface area (Å²) in [4.78, 5) is 42.2. The highest BCUT2D eigenvalue weighted by molar-refractivity contribution is 7.10.